The number of amides is 1. The summed E-state index contributed by atoms with van der Waals surface area (Å²) in [5.41, 5.74) is 1.61. The van der Waals surface area contributed by atoms with Crippen LogP contribution in [0, 0.1) is 0 Å². The number of carbonyl (C=O) groups excluding carboxylic acids is 1. The average Bonchev–Trinajstić information content (AvgIpc) is 2.37. The predicted molar refractivity (Wildman–Crippen MR) is 31.0 cm³/mol. The van der Waals surface area contributed by atoms with E-state index in [1.165, 1.54) is 0 Å². The van der Waals surface area contributed by atoms with Crippen LogP contribution in [0.4, 0.5) is 0 Å². The minimum atomic E-state index is -0.326. The fraction of sp³-hybridized carbons (Fsp3) is 0.800. The smallest absolute Gasteiger partial charge is 0.260 e. The Kier molecular flexibility index (Phi) is 2.02. The summed E-state index contributed by atoms with van der Waals surface area (Å²) in [5.74, 6) is -0.326. The molecule has 4 nitrogen and oxygen atoms in total. The third-order valence-corrected chi connectivity index (χ3v) is 1.49. The molecule has 3 N–H and O–H groups in total. The number of hydrogen-bond donors (Lipinski definition) is 3. The molecule has 1 rings (SSSR count). The molecule has 1 aliphatic heterocycles. The van der Waals surface area contributed by atoms with Crippen LogP contribution in [0.15, 0.2) is 0 Å². The molecule has 1 heterocycles. The van der Waals surface area contributed by atoms with E-state index in [4.69, 9.17) is 5.21 Å². The van der Waals surface area contributed by atoms with E-state index in [-0.39, 0.29) is 11.9 Å². The van der Waals surface area contributed by atoms with Gasteiger partial charge in [0.1, 0.15) is 0 Å². The van der Waals surface area contributed by atoms with Gasteiger partial charge in [-0.2, -0.15) is 0 Å². The lowest BCUT2D eigenvalue weighted by Gasteiger charge is -2.04. The van der Waals surface area contributed by atoms with Crippen molar-refractivity contribution in [1.29, 1.82) is 0 Å². The van der Waals surface area contributed by atoms with Crippen LogP contribution in [-0.4, -0.2) is 23.7 Å². The van der Waals surface area contributed by atoms with Gasteiger partial charge < -0.3 is 5.32 Å². The Hall–Kier alpha value is -0.610. The summed E-state index contributed by atoms with van der Waals surface area (Å²) in [4.78, 5) is 10.6. The molecule has 1 saturated heterocycles. The van der Waals surface area contributed by atoms with Crippen molar-refractivity contribution in [2.75, 3.05) is 6.54 Å². The Morgan fingerprint density at radius 1 is 1.78 bits per heavy atom. The predicted octanol–water partition coefficient (Wildman–Crippen LogP) is -0.756. The molecule has 0 aromatic carbocycles. The monoisotopic (exact) mass is 130 g/mol. The lowest BCUT2D eigenvalue weighted by molar-refractivity contribution is -0.130. The van der Waals surface area contributed by atoms with Crippen LogP contribution >= 0.6 is 0 Å². The van der Waals surface area contributed by atoms with Gasteiger partial charge in [0.15, 0.2) is 0 Å². The number of carbonyl (C=O) groups is 1. The molecule has 1 unspecified atom stereocenters. The van der Waals surface area contributed by atoms with E-state index in [1.54, 1.807) is 5.48 Å². The normalized spacial score (nSPS) is 26.1. The third kappa shape index (κ3) is 1.40. The van der Waals surface area contributed by atoms with Crippen LogP contribution in [0.2, 0.25) is 0 Å². The largest absolute Gasteiger partial charge is 0.306 e. The highest BCUT2D eigenvalue weighted by Crippen LogP contribution is 2.03. The minimum Gasteiger partial charge on any atom is -0.306 e. The van der Waals surface area contributed by atoms with Crippen molar-refractivity contribution in [2.24, 2.45) is 0 Å². The van der Waals surface area contributed by atoms with Crippen molar-refractivity contribution in [2.45, 2.75) is 18.9 Å². The molecule has 1 aliphatic rings. The van der Waals surface area contributed by atoms with Crippen LogP contribution in [0.1, 0.15) is 12.8 Å². The average molecular weight is 130 g/mol. The summed E-state index contributed by atoms with van der Waals surface area (Å²) in [6, 6.07) is -0.171. The van der Waals surface area contributed by atoms with E-state index in [2.05, 4.69) is 5.32 Å². The lowest BCUT2D eigenvalue weighted by atomic mass is 10.2. The molecule has 4 heteroatoms. The summed E-state index contributed by atoms with van der Waals surface area (Å²) in [6.07, 6.45) is 1.84. The number of hydrogen-bond acceptors (Lipinski definition) is 3. The maximum absolute atomic E-state index is 10.6. The highest BCUT2D eigenvalue weighted by Gasteiger charge is 2.20. The van der Waals surface area contributed by atoms with Crippen LogP contribution in [-0.2, 0) is 4.79 Å². The van der Waals surface area contributed by atoms with Crippen molar-refractivity contribution in [1.82, 2.24) is 10.8 Å². The third-order valence-electron chi connectivity index (χ3n) is 1.49. The summed E-state index contributed by atoms with van der Waals surface area (Å²) < 4.78 is 0. The molecule has 0 aromatic rings. The molecule has 0 spiro atoms. The molecule has 0 aliphatic carbocycles. The van der Waals surface area contributed by atoms with E-state index in [9.17, 15) is 4.79 Å². The Morgan fingerprint density at radius 2 is 2.56 bits per heavy atom. The Morgan fingerprint density at radius 3 is 3.00 bits per heavy atom. The van der Waals surface area contributed by atoms with Gasteiger partial charge in [0, 0.05) is 0 Å². The number of nitrogens with one attached hydrogen (secondary N) is 2. The first-order chi connectivity index (χ1) is 4.34. The van der Waals surface area contributed by atoms with Crippen LogP contribution in [0.25, 0.3) is 0 Å². The zero-order valence-corrected chi connectivity index (χ0v) is 5.05. The summed E-state index contributed by atoms with van der Waals surface area (Å²) >= 11 is 0. The molecule has 0 saturated carbocycles. The lowest BCUT2D eigenvalue weighted by Crippen LogP contribution is -2.38. The first kappa shape index (κ1) is 6.51. The van der Waals surface area contributed by atoms with Crippen LogP contribution < -0.4 is 10.8 Å². The summed E-state index contributed by atoms with van der Waals surface area (Å²) in [7, 11) is 0. The van der Waals surface area contributed by atoms with E-state index in [0.717, 1.165) is 19.4 Å². The second-order valence-corrected chi connectivity index (χ2v) is 2.12. The molecular formula is C5H10N2O2. The van der Waals surface area contributed by atoms with Gasteiger partial charge in [0.2, 0.25) is 0 Å². The second kappa shape index (κ2) is 2.80. The quantitative estimate of drug-likeness (QED) is 0.323. The molecular weight excluding hydrogens is 120 g/mol. The Labute approximate surface area is 53.2 Å². The topological polar surface area (TPSA) is 61.4 Å². The Balaban J connectivity index is 2.32. The molecule has 1 atom stereocenters. The zero-order chi connectivity index (χ0) is 6.69. The maximum Gasteiger partial charge on any atom is 0.260 e. The van der Waals surface area contributed by atoms with Gasteiger partial charge in [-0.1, -0.05) is 0 Å². The summed E-state index contributed by atoms with van der Waals surface area (Å²) in [5, 5.41) is 11.1. The molecule has 0 aromatic heterocycles. The van der Waals surface area contributed by atoms with Crippen LogP contribution in [0.3, 0.4) is 0 Å². The number of hydroxylamine groups is 1. The molecule has 1 amide bonds. The van der Waals surface area contributed by atoms with Gasteiger partial charge >= 0.3 is 0 Å². The van der Waals surface area contributed by atoms with Crippen molar-refractivity contribution in [3.63, 3.8) is 0 Å². The second-order valence-electron chi connectivity index (χ2n) is 2.12. The van der Waals surface area contributed by atoms with Gasteiger partial charge in [-0.25, -0.2) is 5.48 Å². The Bertz CT molecular complexity index is 110. The highest BCUT2D eigenvalue weighted by atomic mass is 16.5. The fourth-order valence-electron chi connectivity index (χ4n) is 0.986. The van der Waals surface area contributed by atoms with E-state index >= 15 is 0 Å². The van der Waals surface area contributed by atoms with Gasteiger partial charge in [0.05, 0.1) is 6.04 Å². The van der Waals surface area contributed by atoms with Gasteiger partial charge in [-0.15, -0.1) is 0 Å². The standard InChI is InChI=1S/C5H10N2O2/c8-5(7-9)4-2-1-3-6-4/h4,6,9H,1-3H2,(H,7,8). The van der Waals surface area contributed by atoms with E-state index in [0.29, 0.717) is 0 Å². The fourth-order valence-corrected chi connectivity index (χ4v) is 0.986. The number of rotatable bonds is 1. The van der Waals surface area contributed by atoms with E-state index in [1.807, 2.05) is 0 Å². The maximum atomic E-state index is 10.6. The van der Waals surface area contributed by atoms with Gasteiger partial charge in [-0.3, -0.25) is 10.0 Å². The minimum absolute atomic E-state index is 0.171. The van der Waals surface area contributed by atoms with Gasteiger partial charge in [-0.05, 0) is 19.4 Å². The van der Waals surface area contributed by atoms with E-state index < -0.39 is 0 Å². The molecule has 0 bridgehead atoms. The van der Waals surface area contributed by atoms with Crippen molar-refractivity contribution >= 4 is 5.91 Å². The zero-order valence-electron chi connectivity index (χ0n) is 5.05. The molecule has 52 valence electrons. The van der Waals surface area contributed by atoms with Crippen LogP contribution in [0.5, 0.6) is 0 Å². The molecule has 9 heavy (non-hydrogen) atoms. The van der Waals surface area contributed by atoms with Crippen molar-refractivity contribution in [3.05, 3.63) is 0 Å². The molecule has 0 radical (unpaired) electrons. The first-order valence-corrected chi connectivity index (χ1v) is 3.02. The van der Waals surface area contributed by atoms with Gasteiger partial charge in [0.25, 0.3) is 5.91 Å². The molecule has 1 fully saturated rings. The highest BCUT2D eigenvalue weighted by molar-refractivity contribution is 5.80. The summed E-state index contributed by atoms with van der Waals surface area (Å²) in [6.45, 7) is 0.873. The SMILES string of the molecule is O=C(NO)C1CCCN1. The first-order valence-electron chi connectivity index (χ1n) is 3.02. The van der Waals surface area contributed by atoms with Crippen molar-refractivity contribution in [3.8, 4) is 0 Å². The van der Waals surface area contributed by atoms with Crippen molar-refractivity contribution < 1.29 is 10.0 Å².